The maximum atomic E-state index is 12.9. The Hall–Kier alpha value is -2.50. The van der Waals surface area contributed by atoms with Crippen LogP contribution in [0.25, 0.3) is 0 Å². The van der Waals surface area contributed by atoms with Gasteiger partial charge in [-0.05, 0) is 24.6 Å². The second kappa shape index (κ2) is 6.09. The zero-order chi connectivity index (χ0) is 15.5. The van der Waals surface area contributed by atoms with Crippen molar-refractivity contribution in [2.24, 2.45) is 0 Å². The summed E-state index contributed by atoms with van der Waals surface area (Å²) in [6.07, 6.45) is 3.28. The Balaban J connectivity index is 1.66. The number of hydrogen-bond acceptors (Lipinski definition) is 4. The van der Waals surface area contributed by atoms with E-state index in [1.54, 1.807) is 29.4 Å². The molecule has 1 aromatic heterocycles. The largest absolute Gasteiger partial charge is 0.344 e. The zero-order valence-corrected chi connectivity index (χ0v) is 12.4. The van der Waals surface area contributed by atoms with E-state index < -0.39 is 0 Å². The summed E-state index contributed by atoms with van der Waals surface area (Å²) < 4.78 is 12.9. The van der Waals surface area contributed by atoms with E-state index >= 15 is 0 Å². The van der Waals surface area contributed by atoms with Gasteiger partial charge in [0, 0.05) is 32.0 Å². The van der Waals surface area contributed by atoms with Gasteiger partial charge in [0.05, 0.1) is 12.2 Å². The van der Waals surface area contributed by atoms with E-state index in [0.29, 0.717) is 26.2 Å². The molecule has 2 aromatic rings. The van der Waals surface area contributed by atoms with Gasteiger partial charge in [-0.15, -0.1) is 0 Å². The van der Waals surface area contributed by atoms with Crippen molar-refractivity contribution >= 4 is 11.7 Å². The summed E-state index contributed by atoms with van der Waals surface area (Å²) in [5.41, 5.74) is 1.75. The van der Waals surface area contributed by atoms with E-state index in [-0.39, 0.29) is 11.7 Å². The van der Waals surface area contributed by atoms with Gasteiger partial charge in [0.1, 0.15) is 5.82 Å². The number of aromatic nitrogens is 2. The number of carbonyl (C=O) groups excluding carboxylic acids is 1. The van der Waals surface area contributed by atoms with E-state index in [0.717, 1.165) is 17.1 Å². The van der Waals surface area contributed by atoms with E-state index in [1.165, 1.54) is 12.1 Å². The molecule has 0 unspecified atom stereocenters. The minimum atomic E-state index is -0.266. The highest BCUT2D eigenvalue weighted by Crippen LogP contribution is 2.18. The van der Waals surface area contributed by atoms with Crippen molar-refractivity contribution in [1.29, 1.82) is 0 Å². The van der Waals surface area contributed by atoms with Crippen molar-refractivity contribution in [2.75, 3.05) is 24.5 Å². The molecule has 0 bridgehead atoms. The minimum Gasteiger partial charge on any atom is -0.344 e. The highest BCUT2D eigenvalue weighted by Gasteiger charge is 2.25. The number of hydrogen-bond donors (Lipinski definition) is 0. The number of piperazine rings is 1. The van der Waals surface area contributed by atoms with Crippen LogP contribution >= 0.6 is 0 Å². The quantitative estimate of drug-likeness (QED) is 0.867. The van der Waals surface area contributed by atoms with E-state index in [1.807, 2.05) is 11.8 Å². The lowest BCUT2D eigenvalue weighted by atomic mass is 10.2. The highest BCUT2D eigenvalue weighted by molar-refractivity contribution is 5.82. The summed E-state index contributed by atoms with van der Waals surface area (Å²) in [4.78, 5) is 24.6. The van der Waals surface area contributed by atoms with Gasteiger partial charge in [-0.2, -0.15) is 0 Å². The maximum Gasteiger partial charge on any atom is 0.242 e. The first-order chi connectivity index (χ1) is 10.6. The van der Waals surface area contributed by atoms with Crippen molar-refractivity contribution in [3.63, 3.8) is 0 Å². The SMILES string of the molecule is Cc1nccnc1N1CCN(Cc2ccc(F)cc2)C(=O)C1. The van der Waals surface area contributed by atoms with Crippen LogP contribution in [0.4, 0.5) is 10.2 Å². The van der Waals surface area contributed by atoms with Crippen LogP contribution in [0.15, 0.2) is 36.7 Å². The first kappa shape index (κ1) is 14.4. The Bertz CT molecular complexity index is 674. The molecule has 1 saturated heterocycles. The van der Waals surface area contributed by atoms with Crippen LogP contribution in [0.1, 0.15) is 11.3 Å². The van der Waals surface area contributed by atoms with Crippen LogP contribution in [0.2, 0.25) is 0 Å². The molecule has 22 heavy (non-hydrogen) atoms. The van der Waals surface area contributed by atoms with Gasteiger partial charge in [0.2, 0.25) is 5.91 Å². The van der Waals surface area contributed by atoms with Crippen LogP contribution in [-0.4, -0.2) is 40.4 Å². The number of amides is 1. The molecule has 114 valence electrons. The molecule has 2 heterocycles. The van der Waals surface area contributed by atoms with Crippen molar-refractivity contribution < 1.29 is 9.18 Å². The van der Waals surface area contributed by atoms with Crippen LogP contribution in [0, 0.1) is 12.7 Å². The Morgan fingerprint density at radius 1 is 1.14 bits per heavy atom. The normalized spacial score (nSPS) is 15.3. The lowest BCUT2D eigenvalue weighted by molar-refractivity contribution is -0.131. The molecule has 0 saturated carbocycles. The standard InChI is InChI=1S/C16H17FN4O/c1-12-16(19-7-6-18-12)21-9-8-20(15(22)11-21)10-13-2-4-14(17)5-3-13/h2-7H,8-11H2,1H3. The number of benzene rings is 1. The molecular formula is C16H17FN4O. The number of anilines is 1. The molecule has 0 spiro atoms. The third-order valence-electron chi connectivity index (χ3n) is 3.76. The molecule has 1 aliphatic rings. The molecule has 0 aliphatic carbocycles. The lowest BCUT2D eigenvalue weighted by Crippen LogP contribution is -2.50. The topological polar surface area (TPSA) is 49.3 Å². The highest BCUT2D eigenvalue weighted by atomic mass is 19.1. The monoisotopic (exact) mass is 300 g/mol. The molecule has 1 aliphatic heterocycles. The summed E-state index contributed by atoms with van der Waals surface area (Å²) >= 11 is 0. The Kier molecular flexibility index (Phi) is 4.00. The summed E-state index contributed by atoms with van der Waals surface area (Å²) in [7, 11) is 0. The first-order valence-electron chi connectivity index (χ1n) is 7.18. The third kappa shape index (κ3) is 3.05. The van der Waals surface area contributed by atoms with Crippen molar-refractivity contribution in [3.8, 4) is 0 Å². The summed E-state index contributed by atoms with van der Waals surface area (Å²) in [6.45, 7) is 4.02. The Labute approximate surface area is 128 Å². The van der Waals surface area contributed by atoms with Crippen molar-refractivity contribution in [2.45, 2.75) is 13.5 Å². The average Bonchev–Trinajstić information content (AvgIpc) is 2.52. The van der Waals surface area contributed by atoms with Gasteiger partial charge in [0.15, 0.2) is 5.82 Å². The van der Waals surface area contributed by atoms with Gasteiger partial charge in [0.25, 0.3) is 0 Å². The fourth-order valence-corrected chi connectivity index (χ4v) is 2.58. The zero-order valence-electron chi connectivity index (χ0n) is 12.4. The third-order valence-corrected chi connectivity index (χ3v) is 3.76. The molecule has 5 nitrogen and oxygen atoms in total. The van der Waals surface area contributed by atoms with Crippen LogP contribution in [0.5, 0.6) is 0 Å². The number of nitrogens with zero attached hydrogens (tertiary/aromatic N) is 4. The number of aryl methyl sites for hydroxylation is 1. The van der Waals surface area contributed by atoms with Crippen LogP contribution < -0.4 is 4.90 Å². The van der Waals surface area contributed by atoms with Crippen LogP contribution in [-0.2, 0) is 11.3 Å². The smallest absolute Gasteiger partial charge is 0.242 e. The predicted molar refractivity (Wildman–Crippen MR) is 80.8 cm³/mol. The molecule has 3 rings (SSSR count). The minimum absolute atomic E-state index is 0.0422. The van der Waals surface area contributed by atoms with Gasteiger partial charge in [-0.3, -0.25) is 9.78 Å². The van der Waals surface area contributed by atoms with Crippen molar-refractivity contribution in [1.82, 2.24) is 14.9 Å². The summed E-state index contributed by atoms with van der Waals surface area (Å²) in [5, 5.41) is 0. The molecule has 1 fully saturated rings. The number of rotatable bonds is 3. The van der Waals surface area contributed by atoms with Gasteiger partial charge < -0.3 is 9.80 Å². The molecule has 0 atom stereocenters. The number of carbonyl (C=O) groups is 1. The maximum absolute atomic E-state index is 12.9. The first-order valence-corrected chi connectivity index (χ1v) is 7.18. The predicted octanol–water partition coefficient (Wildman–Crippen LogP) is 1.77. The average molecular weight is 300 g/mol. The van der Waals surface area contributed by atoms with Gasteiger partial charge >= 0.3 is 0 Å². The van der Waals surface area contributed by atoms with E-state index in [2.05, 4.69) is 9.97 Å². The fourth-order valence-electron chi connectivity index (χ4n) is 2.58. The van der Waals surface area contributed by atoms with Gasteiger partial charge in [-0.25, -0.2) is 9.37 Å². The Morgan fingerprint density at radius 2 is 1.86 bits per heavy atom. The summed E-state index contributed by atoms with van der Waals surface area (Å²) in [6, 6.07) is 6.25. The van der Waals surface area contributed by atoms with E-state index in [4.69, 9.17) is 0 Å². The summed E-state index contributed by atoms with van der Waals surface area (Å²) in [5.74, 6) is 0.538. The fraction of sp³-hybridized carbons (Fsp3) is 0.312. The lowest BCUT2D eigenvalue weighted by Gasteiger charge is -2.35. The molecule has 0 radical (unpaired) electrons. The molecular weight excluding hydrogens is 283 g/mol. The number of halogens is 1. The van der Waals surface area contributed by atoms with E-state index in [9.17, 15) is 9.18 Å². The molecule has 0 N–H and O–H groups in total. The second-order valence-electron chi connectivity index (χ2n) is 5.33. The van der Waals surface area contributed by atoms with Crippen molar-refractivity contribution in [3.05, 3.63) is 53.7 Å². The van der Waals surface area contributed by atoms with Gasteiger partial charge in [-0.1, -0.05) is 12.1 Å². The second-order valence-corrected chi connectivity index (χ2v) is 5.33. The Morgan fingerprint density at radius 3 is 2.55 bits per heavy atom. The molecule has 1 aromatic carbocycles. The molecule has 1 amide bonds. The molecule has 6 heteroatoms. The van der Waals surface area contributed by atoms with Crippen LogP contribution in [0.3, 0.4) is 0 Å².